The molecule has 0 rings (SSSR count). The highest BCUT2D eigenvalue weighted by molar-refractivity contribution is 5.69. The first-order chi connectivity index (χ1) is 27.4. The van der Waals surface area contributed by atoms with Gasteiger partial charge in [0.05, 0.1) is 12.7 Å². The molecule has 0 aliphatic heterocycles. The minimum absolute atomic E-state index is 0.108. The van der Waals surface area contributed by atoms with Crippen LogP contribution in [0.3, 0.4) is 0 Å². The van der Waals surface area contributed by atoms with Gasteiger partial charge in [0.1, 0.15) is 19.3 Å². The van der Waals surface area contributed by atoms with Crippen molar-refractivity contribution in [2.45, 2.75) is 142 Å². The second kappa shape index (κ2) is 47.1. The molecule has 0 aromatic carbocycles. The van der Waals surface area contributed by atoms with E-state index >= 15 is 0 Å². The molecule has 0 aromatic rings. The fourth-order valence-electron chi connectivity index (χ4n) is 4.27. The first-order valence-corrected chi connectivity index (χ1v) is 20.8. The van der Waals surface area contributed by atoms with Crippen molar-refractivity contribution in [3.05, 3.63) is 134 Å². The molecule has 7 heteroatoms. The highest BCUT2D eigenvalue weighted by atomic mass is 16.5. The number of hydrogen-bond donors (Lipinski definition) is 3. The molecule has 0 spiro atoms. The minimum Gasteiger partial charge on any atom is -0.463 e. The second-order valence-corrected chi connectivity index (χ2v) is 12.8. The van der Waals surface area contributed by atoms with Gasteiger partial charge in [-0.25, -0.2) is 0 Å². The van der Waals surface area contributed by atoms with E-state index in [1.54, 1.807) is 0 Å². The van der Waals surface area contributed by atoms with Crippen molar-refractivity contribution in [1.82, 2.24) is 0 Å². The topological polar surface area (TPSA) is 113 Å². The van der Waals surface area contributed by atoms with Crippen LogP contribution in [-0.2, 0) is 19.1 Å². The predicted molar refractivity (Wildman–Crippen MR) is 237 cm³/mol. The smallest absolute Gasteiger partial charge is 0.306 e. The Kier molecular flexibility index (Phi) is 45.5. The van der Waals surface area contributed by atoms with Gasteiger partial charge in [-0.3, -0.25) is 9.59 Å². The second-order valence-electron chi connectivity index (χ2n) is 12.8. The SMILES string of the molecule is CC/C=C\C/C=C\C/C=C\C/C=C\C/C=C\C/C=C\CCC(=O)OCC(O)CO.CC/C=C\C/C=C\C/C=C\C/C=C\C/C=C\CCCC(=O)OCC(O)CC. The normalized spacial score (nSPS) is 13.8. The molecule has 2 unspecified atom stereocenters. The summed E-state index contributed by atoms with van der Waals surface area (Å²) in [5.74, 6) is -0.591. The van der Waals surface area contributed by atoms with Crippen molar-refractivity contribution < 1.29 is 34.4 Å². The monoisotopic (exact) mass is 777 g/mol. The van der Waals surface area contributed by atoms with E-state index < -0.39 is 18.8 Å². The molecule has 56 heavy (non-hydrogen) atoms. The zero-order valence-electron chi connectivity index (χ0n) is 35.0. The van der Waals surface area contributed by atoms with Gasteiger partial charge in [0.15, 0.2) is 0 Å². The highest BCUT2D eigenvalue weighted by Crippen LogP contribution is 2.03. The number of aliphatic hydroxyl groups is 3. The van der Waals surface area contributed by atoms with Gasteiger partial charge < -0.3 is 24.8 Å². The average Bonchev–Trinajstić information content (AvgIpc) is 3.21. The van der Waals surface area contributed by atoms with Gasteiger partial charge in [-0.15, -0.1) is 0 Å². The van der Waals surface area contributed by atoms with Crippen LogP contribution in [0, 0.1) is 0 Å². The van der Waals surface area contributed by atoms with Crippen LogP contribution in [0.1, 0.15) is 130 Å². The summed E-state index contributed by atoms with van der Waals surface area (Å²) in [6, 6.07) is 0. The summed E-state index contributed by atoms with van der Waals surface area (Å²) in [5, 5.41) is 27.0. The summed E-state index contributed by atoms with van der Waals surface area (Å²) in [6.45, 7) is 5.70. The Morgan fingerprint density at radius 2 is 0.732 bits per heavy atom. The molecule has 0 amide bonds. The van der Waals surface area contributed by atoms with Crippen LogP contribution in [0.2, 0.25) is 0 Å². The summed E-state index contributed by atoms with van der Waals surface area (Å²) in [6.07, 6.45) is 60.3. The Morgan fingerprint density at radius 1 is 0.429 bits per heavy atom. The Labute approximate surface area is 341 Å². The lowest BCUT2D eigenvalue weighted by Crippen LogP contribution is -2.21. The van der Waals surface area contributed by atoms with E-state index in [1.165, 1.54) is 0 Å². The van der Waals surface area contributed by atoms with Gasteiger partial charge in [-0.2, -0.15) is 0 Å². The molecule has 0 aliphatic carbocycles. The molecule has 0 saturated carbocycles. The van der Waals surface area contributed by atoms with Crippen LogP contribution in [0.15, 0.2) is 134 Å². The minimum atomic E-state index is -0.996. The molecule has 2 atom stereocenters. The standard InChI is InChI=1S/C25H38O4.C24H38O3/c1-2-3-4-5-6-7-8-9-10-11-12-13-14-15-16-17-18-19-20-21-25(28)29-23-24(27)22-26;1-3-5-6-7-8-9-10-11-12-13-14-15-16-17-18-19-20-21-24(26)27-22-23(25)4-2/h3-4,6-7,9-10,12-13,15-16,18-19,24,26-27H,2,5,8,11,14,17,20-23H2,1H3;5-6,8-9,11-12,14-15,17-18,23,25H,3-4,7,10,13,16,19-22H2,1-2H3/b4-3-,7-6-,10-9-,13-12-,16-15-,19-18-;6-5-,9-8-,12-11-,15-14-,18-17-. The number of esters is 2. The molecule has 0 bridgehead atoms. The lowest BCUT2D eigenvalue weighted by atomic mass is 10.2. The van der Waals surface area contributed by atoms with E-state index in [0.29, 0.717) is 19.3 Å². The molecule has 0 fully saturated rings. The van der Waals surface area contributed by atoms with Crippen LogP contribution >= 0.6 is 0 Å². The van der Waals surface area contributed by atoms with E-state index in [1.807, 2.05) is 19.1 Å². The molecule has 0 saturated heterocycles. The maximum absolute atomic E-state index is 11.4. The van der Waals surface area contributed by atoms with Crippen molar-refractivity contribution in [2.75, 3.05) is 19.8 Å². The van der Waals surface area contributed by atoms with Gasteiger partial charge >= 0.3 is 11.9 Å². The quantitative estimate of drug-likeness (QED) is 0.0345. The van der Waals surface area contributed by atoms with E-state index in [4.69, 9.17) is 19.7 Å². The third-order valence-electron chi connectivity index (χ3n) is 7.58. The van der Waals surface area contributed by atoms with Crippen molar-refractivity contribution in [1.29, 1.82) is 0 Å². The highest BCUT2D eigenvalue weighted by Gasteiger charge is 2.07. The first-order valence-electron chi connectivity index (χ1n) is 20.8. The van der Waals surface area contributed by atoms with Crippen molar-refractivity contribution in [3.8, 4) is 0 Å². The zero-order valence-corrected chi connectivity index (χ0v) is 35.0. The Bertz CT molecular complexity index is 1230. The molecule has 0 aromatic heterocycles. The summed E-state index contributed by atoms with van der Waals surface area (Å²) >= 11 is 0. The fourth-order valence-corrected chi connectivity index (χ4v) is 4.27. The zero-order chi connectivity index (χ0) is 41.4. The predicted octanol–water partition coefficient (Wildman–Crippen LogP) is 11.6. The van der Waals surface area contributed by atoms with Crippen LogP contribution in [0.5, 0.6) is 0 Å². The number of carbonyl (C=O) groups excluding carboxylic acids is 2. The largest absolute Gasteiger partial charge is 0.463 e. The number of unbranched alkanes of at least 4 members (excludes halogenated alkanes) is 1. The van der Waals surface area contributed by atoms with Crippen LogP contribution in [0.25, 0.3) is 0 Å². The number of allylic oxidation sites excluding steroid dienone is 22. The molecule has 314 valence electrons. The molecule has 0 heterocycles. The molecule has 7 nitrogen and oxygen atoms in total. The number of aliphatic hydroxyl groups excluding tert-OH is 3. The maximum atomic E-state index is 11.4. The van der Waals surface area contributed by atoms with Crippen molar-refractivity contribution in [2.24, 2.45) is 0 Å². The summed E-state index contributed by atoms with van der Waals surface area (Å²) in [5.41, 5.74) is 0. The lowest BCUT2D eigenvalue weighted by molar-refractivity contribution is -0.147. The molecular formula is C49H76O7. The van der Waals surface area contributed by atoms with Crippen molar-refractivity contribution in [3.63, 3.8) is 0 Å². The van der Waals surface area contributed by atoms with E-state index in [9.17, 15) is 14.7 Å². The Morgan fingerprint density at radius 3 is 1.07 bits per heavy atom. The number of ether oxygens (including phenoxy) is 2. The van der Waals surface area contributed by atoms with Gasteiger partial charge in [-0.05, 0) is 96.3 Å². The summed E-state index contributed by atoms with van der Waals surface area (Å²) in [7, 11) is 0. The first kappa shape index (κ1) is 54.1. The maximum Gasteiger partial charge on any atom is 0.306 e. The van der Waals surface area contributed by atoms with Gasteiger partial charge in [-0.1, -0.05) is 154 Å². The third-order valence-corrected chi connectivity index (χ3v) is 7.58. The molecule has 0 aliphatic rings. The number of hydrogen-bond acceptors (Lipinski definition) is 7. The van der Waals surface area contributed by atoms with Crippen molar-refractivity contribution >= 4 is 11.9 Å². The average molecular weight is 777 g/mol. The fraction of sp³-hybridized carbons (Fsp3) is 0.510. The Hall–Kier alpha value is -4.04. The molecule has 0 radical (unpaired) electrons. The van der Waals surface area contributed by atoms with Gasteiger partial charge in [0.2, 0.25) is 0 Å². The Balaban J connectivity index is 0. The summed E-state index contributed by atoms with van der Waals surface area (Å²) < 4.78 is 9.80. The van der Waals surface area contributed by atoms with Gasteiger partial charge in [0, 0.05) is 12.8 Å². The van der Waals surface area contributed by atoms with Crippen LogP contribution < -0.4 is 0 Å². The van der Waals surface area contributed by atoms with Gasteiger partial charge in [0.25, 0.3) is 0 Å². The third kappa shape index (κ3) is 48.0. The molecule has 3 N–H and O–H groups in total. The van der Waals surface area contributed by atoms with E-state index in [0.717, 1.165) is 83.5 Å². The van der Waals surface area contributed by atoms with E-state index in [-0.39, 0.29) is 31.6 Å². The van der Waals surface area contributed by atoms with E-state index in [2.05, 4.69) is 135 Å². The number of carbonyl (C=O) groups is 2. The van der Waals surface area contributed by atoms with Crippen LogP contribution in [0.4, 0.5) is 0 Å². The lowest BCUT2D eigenvalue weighted by Gasteiger charge is -2.08. The molecular weight excluding hydrogens is 701 g/mol. The van der Waals surface area contributed by atoms with Crippen LogP contribution in [-0.4, -0.2) is 59.3 Å². The number of rotatable bonds is 33. The summed E-state index contributed by atoms with van der Waals surface area (Å²) in [4.78, 5) is 22.8.